The summed E-state index contributed by atoms with van der Waals surface area (Å²) >= 11 is 0. The van der Waals surface area contributed by atoms with Crippen LogP contribution in [0.4, 0.5) is 0 Å². The number of Topliss-reactive ketones (excluding diaryl/α,β-unsaturated/α-hetero) is 1. The number of ketones is 1. The number of carbonyl (C=O) groups is 3. The second kappa shape index (κ2) is 21.8. The zero-order chi connectivity index (χ0) is 52.2. The van der Waals surface area contributed by atoms with Crippen LogP contribution in [0.25, 0.3) is 0 Å². The van der Waals surface area contributed by atoms with E-state index in [0.29, 0.717) is 49.7 Å². The van der Waals surface area contributed by atoms with Crippen LogP contribution in [0, 0.1) is 28.6 Å². The molecule has 3 saturated carbocycles. The summed E-state index contributed by atoms with van der Waals surface area (Å²) in [6.07, 6.45) is -11.5. The minimum Gasteiger partial charge on any atom is -0.454 e. The lowest BCUT2D eigenvalue weighted by Crippen LogP contribution is -2.72. The number of carbonyl (C=O) groups excluding carboxylic acids is 3. The number of hydrogen-bond donors (Lipinski definition) is 6. The van der Waals surface area contributed by atoms with Crippen molar-refractivity contribution in [3.8, 4) is 0 Å². The lowest BCUT2D eigenvalue weighted by atomic mass is 9.44. The highest BCUT2D eigenvalue weighted by Crippen LogP contribution is 2.69. The van der Waals surface area contributed by atoms with E-state index < -0.39 is 151 Å². The number of allylic oxidation sites excluding steroid dienone is 2. The van der Waals surface area contributed by atoms with Crippen molar-refractivity contribution in [1.29, 1.82) is 0 Å². The van der Waals surface area contributed by atoms with E-state index in [4.69, 9.17) is 47.4 Å². The minimum atomic E-state index is -1.68. The summed E-state index contributed by atoms with van der Waals surface area (Å²) in [5.41, 5.74) is -1.63. The molecule has 1 aromatic rings. The van der Waals surface area contributed by atoms with Crippen LogP contribution in [0.3, 0.4) is 0 Å². The zero-order valence-electron chi connectivity index (χ0n) is 42.7. The molecule has 19 nitrogen and oxygen atoms in total. The van der Waals surface area contributed by atoms with E-state index in [-0.39, 0.29) is 18.3 Å². The van der Waals surface area contributed by atoms with Gasteiger partial charge < -0.3 is 78.0 Å². The number of fused-ring (bicyclic) bond motifs is 5. The first kappa shape index (κ1) is 55.0. The third kappa shape index (κ3) is 9.67. The second-order valence-corrected chi connectivity index (χ2v) is 21.5. The average molecular weight is 1020 g/mol. The Morgan fingerprint density at radius 2 is 1.47 bits per heavy atom. The number of methoxy groups -OCH3 is 2. The fourth-order valence-electron chi connectivity index (χ4n) is 13.6. The summed E-state index contributed by atoms with van der Waals surface area (Å²) in [6.45, 7) is 11.7. The van der Waals surface area contributed by atoms with E-state index in [0.717, 1.165) is 5.57 Å². The predicted octanol–water partition coefficient (Wildman–Crippen LogP) is 2.82. The molecule has 5 unspecified atom stereocenters. The summed E-state index contributed by atoms with van der Waals surface area (Å²) < 4.78 is 62.1. The maximum Gasteiger partial charge on any atom is 0.338 e. The minimum absolute atomic E-state index is 0.127. The van der Waals surface area contributed by atoms with Crippen LogP contribution >= 0.6 is 0 Å². The monoisotopic (exact) mass is 1020 g/mol. The number of esters is 2. The number of aliphatic hydroxyl groups is 6. The van der Waals surface area contributed by atoms with Crippen LogP contribution in [-0.2, 0) is 57.0 Å². The van der Waals surface area contributed by atoms with Crippen molar-refractivity contribution >= 4 is 17.7 Å². The number of hydrogen-bond acceptors (Lipinski definition) is 19. The quantitative estimate of drug-likeness (QED) is 0.0889. The van der Waals surface area contributed by atoms with Crippen molar-refractivity contribution in [1.82, 2.24) is 0 Å². The molecule has 3 heterocycles. The molecule has 72 heavy (non-hydrogen) atoms. The van der Waals surface area contributed by atoms with Crippen molar-refractivity contribution in [3.05, 3.63) is 59.2 Å². The molecule has 402 valence electrons. The van der Waals surface area contributed by atoms with Crippen molar-refractivity contribution in [3.63, 3.8) is 0 Å². The molecule has 1 aromatic carbocycles. The lowest BCUT2D eigenvalue weighted by molar-refractivity contribution is -0.371. The molecular weight excluding hydrogens is 941 g/mol. The van der Waals surface area contributed by atoms with Gasteiger partial charge in [-0.3, -0.25) is 4.79 Å². The van der Waals surface area contributed by atoms with Crippen molar-refractivity contribution in [2.45, 2.75) is 203 Å². The molecule has 8 rings (SSSR count). The topological polar surface area (TPSA) is 265 Å². The van der Waals surface area contributed by atoms with Crippen LogP contribution in [0.5, 0.6) is 0 Å². The molecule has 0 radical (unpaired) electrons. The summed E-state index contributed by atoms with van der Waals surface area (Å²) in [5.74, 6) is -2.93. The Morgan fingerprint density at radius 3 is 2.12 bits per heavy atom. The van der Waals surface area contributed by atoms with Gasteiger partial charge in [-0.2, -0.15) is 0 Å². The Kier molecular flexibility index (Phi) is 16.6. The van der Waals surface area contributed by atoms with Gasteiger partial charge in [-0.05, 0) is 96.6 Å². The standard InChI is InChI=1S/C53H76O19/c1-10-25(2)47(60)72-46-44(69-48(61)29-14-12-11-13-15-29)37-33(53(62)21-19-32(26(3)55)52(46,53)7)17-16-30-22-31(18-20-51(30,37)6)67-36-23-34(63-8)42(27(4)65-36)70-50-41(59)45(64-9)43(28(5)66-50)71-49-40(58)39(57)38(56)35(24-54)68-49/h10-16,27-28,31-46,49-50,54,56-59,62H,17-24H2,1-9H3/b25-10+/t27?,28?,31-,32+,33+,34+,35?,36-,37+,38+,39-,40?,41?,42+,43+,44-,45+,46+,49-,50-,51-,52-,53-/m0/s1. The first-order valence-electron chi connectivity index (χ1n) is 25.5. The van der Waals surface area contributed by atoms with Crippen molar-refractivity contribution in [2.24, 2.45) is 28.6 Å². The molecule has 0 bridgehead atoms. The third-order valence-electron chi connectivity index (χ3n) is 17.7. The predicted molar refractivity (Wildman–Crippen MR) is 252 cm³/mol. The van der Waals surface area contributed by atoms with Crippen LogP contribution in [0.2, 0.25) is 0 Å². The van der Waals surface area contributed by atoms with E-state index in [2.05, 4.69) is 13.0 Å². The third-order valence-corrected chi connectivity index (χ3v) is 17.7. The van der Waals surface area contributed by atoms with E-state index in [1.165, 1.54) is 14.0 Å². The van der Waals surface area contributed by atoms with Gasteiger partial charge in [0.25, 0.3) is 0 Å². The largest absolute Gasteiger partial charge is 0.454 e. The fraction of sp³-hybridized carbons (Fsp3) is 0.755. The summed E-state index contributed by atoms with van der Waals surface area (Å²) in [6, 6.07) is 8.63. The normalized spacial score (nSPS) is 46.3. The summed E-state index contributed by atoms with van der Waals surface area (Å²) in [7, 11) is 2.91. The van der Waals surface area contributed by atoms with E-state index in [9.17, 15) is 45.0 Å². The number of benzene rings is 1. The summed E-state index contributed by atoms with van der Waals surface area (Å²) in [4.78, 5) is 41.6. The molecule has 3 aliphatic heterocycles. The number of aliphatic hydroxyl groups excluding tert-OH is 5. The molecule has 4 aliphatic carbocycles. The highest BCUT2D eigenvalue weighted by Gasteiger charge is 2.75. The maximum absolute atomic E-state index is 14.2. The number of rotatable bonds is 14. The highest BCUT2D eigenvalue weighted by atomic mass is 16.8. The van der Waals surface area contributed by atoms with Gasteiger partial charge in [0.1, 0.15) is 66.8 Å². The van der Waals surface area contributed by atoms with E-state index in [1.807, 2.05) is 13.8 Å². The van der Waals surface area contributed by atoms with Gasteiger partial charge in [-0.1, -0.05) is 49.8 Å². The first-order chi connectivity index (χ1) is 34.2. The van der Waals surface area contributed by atoms with Crippen LogP contribution in [0.15, 0.2) is 53.6 Å². The Bertz CT molecular complexity index is 2150. The van der Waals surface area contributed by atoms with Crippen LogP contribution < -0.4 is 0 Å². The second-order valence-electron chi connectivity index (χ2n) is 21.5. The van der Waals surface area contributed by atoms with Crippen molar-refractivity contribution < 1.29 is 92.4 Å². The zero-order valence-corrected chi connectivity index (χ0v) is 42.7. The van der Waals surface area contributed by atoms with Gasteiger partial charge in [-0.25, -0.2) is 9.59 Å². The van der Waals surface area contributed by atoms with Gasteiger partial charge >= 0.3 is 11.9 Å². The van der Waals surface area contributed by atoms with Crippen LogP contribution in [0.1, 0.15) is 104 Å². The lowest BCUT2D eigenvalue weighted by Gasteiger charge is -2.64. The Balaban J connectivity index is 0.982. The molecule has 7 aliphatic rings. The molecule has 19 heteroatoms. The van der Waals surface area contributed by atoms with Crippen LogP contribution in [-0.4, -0.2) is 179 Å². The molecule has 6 N–H and O–H groups in total. The van der Waals surface area contributed by atoms with Crippen molar-refractivity contribution in [2.75, 3.05) is 20.8 Å². The van der Waals surface area contributed by atoms with E-state index >= 15 is 0 Å². The number of ether oxygens (including phenoxy) is 10. The Hall–Kier alpha value is -3.25. The fourth-order valence-corrected chi connectivity index (χ4v) is 13.6. The molecule has 0 amide bonds. The Morgan fingerprint density at radius 1 is 0.792 bits per heavy atom. The average Bonchev–Trinajstić information content (AvgIpc) is 3.65. The molecule has 0 spiro atoms. The molecule has 3 saturated heterocycles. The molecular formula is C53H76O19. The Labute approximate surface area is 421 Å². The first-order valence-corrected chi connectivity index (χ1v) is 25.5. The van der Waals surface area contributed by atoms with Gasteiger partial charge in [0.15, 0.2) is 18.9 Å². The van der Waals surface area contributed by atoms with Gasteiger partial charge in [0.2, 0.25) is 0 Å². The summed E-state index contributed by atoms with van der Waals surface area (Å²) in [5, 5.41) is 65.7. The van der Waals surface area contributed by atoms with Gasteiger partial charge in [0.05, 0.1) is 42.2 Å². The van der Waals surface area contributed by atoms with Gasteiger partial charge in [-0.15, -0.1) is 0 Å². The van der Waals surface area contributed by atoms with E-state index in [1.54, 1.807) is 64.3 Å². The van der Waals surface area contributed by atoms with Gasteiger partial charge in [0, 0.05) is 43.5 Å². The molecule has 0 aromatic heterocycles. The highest BCUT2D eigenvalue weighted by molar-refractivity contribution is 5.90. The molecule has 23 atom stereocenters. The smallest absolute Gasteiger partial charge is 0.338 e. The molecule has 6 fully saturated rings. The SMILES string of the molecule is C/C=C(\C)C(=O)O[C@@H]1[C@@H](OC(=O)c2ccccc2)[C@H]2[C@@H](CC=C3C[C@@H](O[C@H]4C[C@@H](OC)[C@H](O[C@@H]5OC(C)[C@@H](O[C@@H]6OC(CO)[C@@H](O)[C@H](O)C6O)[C@H](OC)C5O)C(C)O4)CC[C@@]32C)[C@@]2(O)CC[C@H](C(C)=O)[C@@]12C. The maximum atomic E-state index is 14.2.